The summed E-state index contributed by atoms with van der Waals surface area (Å²) in [5.74, 6) is -0.723. The van der Waals surface area contributed by atoms with Crippen LogP contribution in [0.4, 0.5) is 0 Å². The lowest BCUT2D eigenvalue weighted by Crippen LogP contribution is -2.39. The number of carbonyl (C=O) groups is 2. The first kappa shape index (κ1) is 12.5. The van der Waals surface area contributed by atoms with E-state index in [1.807, 2.05) is 0 Å². The van der Waals surface area contributed by atoms with Crippen molar-refractivity contribution in [3.05, 3.63) is 24.3 Å². The monoisotopic (exact) mass is 249 g/mol. The molecule has 6 heteroatoms. The first-order chi connectivity index (χ1) is 8.66. The summed E-state index contributed by atoms with van der Waals surface area (Å²) in [6.45, 7) is 1.18. The lowest BCUT2D eigenvalue weighted by atomic mass is 9.93. The van der Waals surface area contributed by atoms with Crippen molar-refractivity contribution in [2.45, 2.75) is 19.3 Å². The lowest BCUT2D eigenvalue weighted by Gasteiger charge is -2.31. The summed E-state index contributed by atoms with van der Waals surface area (Å²) in [5.41, 5.74) is 0.342. The zero-order valence-corrected chi connectivity index (χ0v) is 9.95. The topological polar surface area (TPSA) is 83.4 Å². The lowest BCUT2D eigenvalue weighted by molar-refractivity contribution is -0.138. The number of carboxylic acids is 1. The molecule has 1 fully saturated rings. The Morgan fingerprint density at radius 1 is 1.33 bits per heavy atom. The van der Waals surface area contributed by atoms with Crippen molar-refractivity contribution < 1.29 is 14.7 Å². The van der Waals surface area contributed by atoms with Crippen molar-refractivity contribution in [2.75, 3.05) is 13.1 Å². The van der Waals surface area contributed by atoms with Gasteiger partial charge in [-0.2, -0.15) is 0 Å². The van der Waals surface area contributed by atoms with Gasteiger partial charge in [-0.3, -0.25) is 14.6 Å². The van der Waals surface area contributed by atoms with Gasteiger partial charge in [0.1, 0.15) is 5.69 Å². The van der Waals surface area contributed by atoms with Gasteiger partial charge in [-0.15, -0.1) is 0 Å². The van der Waals surface area contributed by atoms with E-state index in [4.69, 9.17) is 5.11 Å². The van der Waals surface area contributed by atoms with Gasteiger partial charge in [0, 0.05) is 31.9 Å². The molecule has 1 aliphatic rings. The van der Waals surface area contributed by atoms with Crippen LogP contribution in [0.2, 0.25) is 0 Å². The molecule has 1 amide bonds. The van der Waals surface area contributed by atoms with Gasteiger partial charge in [-0.1, -0.05) is 0 Å². The normalized spacial score (nSPS) is 16.6. The predicted octanol–water partition coefficient (Wildman–Crippen LogP) is 0.804. The standard InChI is InChI=1S/C12H15N3O3/c16-11(17)7-9-1-5-15(6-2-9)12(18)10-8-13-3-4-14-10/h3-4,8-9H,1-2,5-7H2,(H,16,17). The molecule has 6 nitrogen and oxygen atoms in total. The average molecular weight is 249 g/mol. The van der Waals surface area contributed by atoms with Crippen LogP contribution >= 0.6 is 0 Å². The van der Waals surface area contributed by atoms with E-state index in [0.717, 1.165) is 12.8 Å². The molecular weight excluding hydrogens is 234 g/mol. The minimum Gasteiger partial charge on any atom is -0.481 e. The zero-order valence-electron chi connectivity index (χ0n) is 9.95. The second kappa shape index (κ2) is 5.57. The zero-order chi connectivity index (χ0) is 13.0. The first-order valence-corrected chi connectivity index (χ1v) is 5.94. The number of carboxylic acid groups (broad SMARTS) is 1. The van der Waals surface area contributed by atoms with Crippen molar-refractivity contribution in [3.63, 3.8) is 0 Å². The summed E-state index contributed by atoms with van der Waals surface area (Å²) < 4.78 is 0. The maximum absolute atomic E-state index is 12.0. The third kappa shape index (κ3) is 3.03. The Kier molecular flexibility index (Phi) is 3.86. The molecule has 2 heterocycles. The molecule has 0 unspecified atom stereocenters. The highest BCUT2D eigenvalue weighted by Crippen LogP contribution is 2.21. The summed E-state index contributed by atoms with van der Waals surface area (Å²) in [4.78, 5) is 32.2. The molecule has 0 spiro atoms. The van der Waals surface area contributed by atoms with Gasteiger partial charge >= 0.3 is 5.97 Å². The molecule has 0 aromatic carbocycles. The number of likely N-dealkylation sites (tertiary alicyclic amines) is 1. The van der Waals surface area contributed by atoms with Crippen LogP contribution in [0.3, 0.4) is 0 Å². The summed E-state index contributed by atoms with van der Waals surface area (Å²) in [6.07, 6.45) is 6.12. The molecular formula is C12H15N3O3. The maximum Gasteiger partial charge on any atom is 0.303 e. The Morgan fingerprint density at radius 3 is 2.61 bits per heavy atom. The van der Waals surface area contributed by atoms with Crippen LogP contribution in [0.25, 0.3) is 0 Å². The molecule has 18 heavy (non-hydrogen) atoms. The molecule has 0 atom stereocenters. The molecule has 1 aromatic heterocycles. The molecule has 0 aliphatic carbocycles. The average Bonchev–Trinajstić information content (AvgIpc) is 2.39. The van der Waals surface area contributed by atoms with Crippen molar-refractivity contribution in [1.29, 1.82) is 0 Å². The minimum atomic E-state index is -0.770. The Balaban J connectivity index is 1.90. The van der Waals surface area contributed by atoms with Gasteiger partial charge in [0.15, 0.2) is 0 Å². The SMILES string of the molecule is O=C(O)CC1CCN(C(=O)c2cnccn2)CC1. The Hall–Kier alpha value is -1.98. The van der Waals surface area contributed by atoms with Crippen LogP contribution in [0, 0.1) is 5.92 Å². The molecule has 0 bridgehead atoms. The van der Waals surface area contributed by atoms with Crippen LogP contribution in [-0.4, -0.2) is 44.9 Å². The van der Waals surface area contributed by atoms with Gasteiger partial charge in [0.2, 0.25) is 0 Å². The number of nitrogens with zero attached hydrogens (tertiary/aromatic N) is 3. The van der Waals surface area contributed by atoms with Gasteiger partial charge in [-0.05, 0) is 18.8 Å². The fourth-order valence-corrected chi connectivity index (χ4v) is 2.16. The van der Waals surface area contributed by atoms with Crippen LogP contribution in [-0.2, 0) is 4.79 Å². The Morgan fingerprint density at radius 2 is 2.06 bits per heavy atom. The second-order valence-corrected chi connectivity index (χ2v) is 4.42. The fraction of sp³-hybridized carbons (Fsp3) is 0.500. The number of carbonyl (C=O) groups excluding carboxylic acids is 1. The van der Waals surface area contributed by atoms with E-state index in [9.17, 15) is 9.59 Å². The van der Waals surface area contributed by atoms with Gasteiger partial charge in [0.25, 0.3) is 5.91 Å². The number of aliphatic carboxylic acids is 1. The number of aromatic nitrogens is 2. The van der Waals surface area contributed by atoms with E-state index in [-0.39, 0.29) is 18.2 Å². The van der Waals surface area contributed by atoms with Crippen molar-refractivity contribution in [1.82, 2.24) is 14.9 Å². The number of hydrogen-bond acceptors (Lipinski definition) is 4. The van der Waals surface area contributed by atoms with E-state index in [1.165, 1.54) is 18.6 Å². The van der Waals surface area contributed by atoms with Crippen LogP contribution in [0.1, 0.15) is 29.8 Å². The van der Waals surface area contributed by atoms with Crippen molar-refractivity contribution >= 4 is 11.9 Å². The summed E-state index contributed by atoms with van der Waals surface area (Å²) in [7, 11) is 0. The number of piperidine rings is 1. The molecule has 1 saturated heterocycles. The van der Waals surface area contributed by atoms with E-state index < -0.39 is 5.97 Å². The predicted molar refractivity (Wildman–Crippen MR) is 62.9 cm³/mol. The van der Waals surface area contributed by atoms with Crippen LogP contribution < -0.4 is 0 Å². The van der Waals surface area contributed by atoms with E-state index in [1.54, 1.807) is 4.90 Å². The van der Waals surface area contributed by atoms with Gasteiger partial charge in [-0.25, -0.2) is 4.98 Å². The Bertz CT molecular complexity index is 427. The summed E-state index contributed by atoms with van der Waals surface area (Å²) in [6, 6.07) is 0. The van der Waals surface area contributed by atoms with Gasteiger partial charge in [0.05, 0.1) is 6.20 Å². The molecule has 1 aromatic rings. The third-order valence-corrected chi connectivity index (χ3v) is 3.15. The van der Waals surface area contributed by atoms with Crippen LogP contribution in [0.15, 0.2) is 18.6 Å². The summed E-state index contributed by atoms with van der Waals surface area (Å²) >= 11 is 0. The molecule has 0 saturated carbocycles. The molecule has 1 aliphatic heterocycles. The van der Waals surface area contributed by atoms with Crippen molar-refractivity contribution in [2.24, 2.45) is 5.92 Å². The van der Waals surface area contributed by atoms with Crippen molar-refractivity contribution in [3.8, 4) is 0 Å². The highest BCUT2D eigenvalue weighted by atomic mass is 16.4. The smallest absolute Gasteiger partial charge is 0.303 e. The fourth-order valence-electron chi connectivity index (χ4n) is 2.16. The highest BCUT2D eigenvalue weighted by Gasteiger charge is 2.25. The second-order valence-electron chi connectivity index (χ2n) is 4.42. The maximum atomic E-state index is 12.0. The van der Waals surface area contributed by atoms with E-state index >= 15 is 0 Å². The number of hydrogen-bond donors (Lipinski definition) is 1. The minimum absolute atomic E-state index is 0.128. The molecule has 2 rings (SSSR count). The largest absolute Gasteiger partial charge is 0.481 e. The quantitative estimate of drug-likeness (QED) is 0.856. The van der Waals surface area contributed by atoms with E-state index in [0.29, 0.717) is 18.8 Å². The third-order valence-electron chi connectivity index (χ3n) is 3.15. The summed E-state index contributed by atoms with van der Waals surface area (Å²) in [5, 5.41) is 8.72. The molecule has 0 radical (unpaired) electrons. The Labute approximate surface area is 105 Å². The van der Waals surface area contributed by atoms with E-state index in [2.05, 4.69) is 9.97 Å². The van der Waals surface area contributed by atoms with Crippen LogP contribution in [0.5, 0.6) is 0 Å². The molecule has 96 valence electrons. The highest BCUT2D eigenvalue weighted by molar-refractivity contribution is 5.92. The molecule has 1 N–H and O–H groups in total. The number of rotatable bonds is 3. The first-order valence-electron chi connectivity index (χ1n) is 5.94. The number of amides is 1. The van der Waals surface area contributed by atoms with Gasteiger partial charge < -0.3 is 10.0 Å².